The first-order chi connectivity index (χ1) is 14.6. The number of hydrogen-bond donors (Lipinski definition) is 3. The number of sulfonamides is 1. The minimum atomic E-state index is -3.89. The Kier molecular flexibility index (Phi) is 6.36. The summed E-state index contributed by atoms with van der Waals surface area (Å²) in [5.41, 5.74) is 2.45. The summed E-state index contributed by atoms with van der Waals surface area (Å²) in [4.78, 5) is 23.6. The molecule has 0 unspecified atom stereocenters. The van der Waals surface area contributed by atoms with Gasteiger partial charge in [0.15, 0.2) is 0 Å². The number of aryl methyl sites for hydroxylation is 1. The van der Waals surface area contributed by atoms with E-state index in [4.69, 9.17) is 0 Å². The van der Waals surface area contributed by atoms with Crippen LogP contribution in [0.5, 0.6) is 0 Å². The second kappa shape index (κ2) is 8.97. The summed E-state index contributed by atoms with van der Waals surface area (Å²) in [6, 6.07) is 15.4. The van der Waals surface area contributed by atoms with Crippen molar-refractivity contribution in [1.29, 1.82) is 0 Å². The van der Waals surface area contributed by atoms with Crippen LogP contribution in [-0.4, -0.2) is 20.2 Å². The predicted molar refractivity (Wildman–Crippen MR) is 117 cm³/mol. The van der Waals surface area contributed by atoms with E-state index in [9.17, 15) is 22.4 Å². The Morgan fingerprint density at radius 1 is 0.839 bits per heavy atom. The lowest BCUT2D eigenvalue weighted by Gasteiger charge is -2.11. The van der Waals surface area contributed by atoms with Gasteiger partial charge in [0, 0.05) is 29.5 Å². The van der Waals surface area contributed by atoms with E-state index in [0.717, 1.165) is 17.7 Å². The van der Waals surface area contributed by atoms with Crippen LogP contribution in [0.2, 0.25) is 0 Å². The van der Waals surface area contributed by atoms with Gasteiger partial charge in [-0.3, -0.25) is 14.3 Å². The zero-order valence-electron chi connectivity index (χ0n) is 16.8. The first kappa shape index (κ1) is 22.0. The molecular formula is C22H20FN3O4S. The molecular weight excluding hydrogens is 421 g/mol. The first-order valence-corrected chi connectivity index (χ1v) is 10.7. The number of carbonyl (C=O) groups excluding carboxylic acids is 2. The molecule has 3 N–H and O–H groups in total. The summed E-state index contributed by atoms with van der Waals surface area (Å²) in [5.74, 6) is -1.08. The molecule has 0 aliphatic carbocycles. The highest BCUT2D eigenvalue weighted by molar-refractivity contribution is 7.92. The van der Waals surface area contributed by atoms with Crippen molar-refractivity contribution in [1.82, 2.24) is 0 Å². The molecule has 0 heterocycles. The minimum absolute atomic E-state index is 0.0381. The number of rotatable bonds is 6. The zero-order chi connectivity index (χ0) is 22.6. The van der Waals surface area contributed by atoms with Gasteiger partial charge in [0.1, 0.15) is 5.82 Å². The highest BCUT2D eigenvalue weighted by atomic mass is 32.2. The summed E-state index contributed by atoms with van der Waals surface area (Å²) < 4.78 is 40.3. The zero-order valence-corrected chi connectivity index (χ0v) is 17.6. The molecule has 0 radical (unpaired) electrons. The van der Waals surface area contributed by atoms with Crippen LogP contribution in [0.1, 0.15) is 22.8 Å². The summed E-state index contributed by atoms with van der Waals surface area (Å²) in [6.07, 6.45) is 0. The smallest absolute Gasteiger partial charge is 0.261 e. The van der Waals surface area contributed by atoms with Gasteiger partial charge in [-0.15, -0.1) is 0 Å². The summed E-state index contributed by atoms with van der Waals surface area (Å²) in [7, 11) is -3.89. The molecule has 160 valence electrons. The molecule has 31 heavy (non-hydrogen) atoms. The van der Waals surface area contributed by atoms with Gasteiger partial charge in [0.05, 0.1) is 4.90 Å². The maximum Gasteiger partial charge on any atom is 0.261 e. The molecule has 9 heteroatoms. The van der Waals surface area contributed by atoms with Crippen molar-refractivity contribution in [2.75, 3.05) is 15.4 Å². The van der Waals surface area contributed by atoms with Crippen LogP contribution in [0, 0.1) is 12.7 Å². The van der Waals surface area contributed by atoms with E-state index < -0.39 is 21.7 Å². The van der Waals surface area contributed by atoms with E-state index in [0.29, 0.717) is 11.4 Å². The average molecular weight is 441 g/mol. The van der Waals surface area contributed by atoms with E-state index in [2.05, 4.69) is 15.4 Å². The average Bonchev–Trinajstić information content (AvgIpc) is 2.71. The largest absolute Gasteiger partial charge is 0.326 e. The monoisotopic (exact) mass is 441 g/mol. The third-order valence-electron chi connectivity index (χ3n) is 4.32. The van der Waals surface area contributed by atoms with E-state index >= 15 is 0 Å². The fourth-order valence-corrected chi connectivity index (χ4v) is 3.85. The van der Waals surface area contributed by atoms with E-state index in [-0.39, 0.29) is 22.1 Å². The second-order valence-corrected chi connectivity index (χ2v) is 8.48. The second-order valence-electron chi connectivity index (χ2n) is 6.80. The van der Waals surface area contributed by atoms with Gasteiger partial charge in [-0.2, -0.15) is 0 Å². The number of amides is 2. The molecule has 3 aromatic rings. The van der Waals surface area contributed by atoms with Crippen molar-refractivity contribution in [2.45, 2.75) is 18.7 Å². The van der Waals surface area contributed by atoms with Gasteiger partial charge in [-0.1, -0.05) is 0 Å². The van der Waals surface area contributed by atoms with Gasteiger partial charge in [-0.05, 0) is 79.2 Å². The molecule has 0 aliphatic rings. The van der Waals surface area contributed by atoms with E-state index in [1.165, 1.54) is 43.3 Å². The van der Waals surface area contributed by atoms with Crippen molar-refractivity contribution in [3.8, 4) is 0 Å². The fraction of sp³-hybridized carbons (Fsp3) is 0.0909. The highest BCUT2D eigenvalue weighted by Crippen LogP contribution is 2.21. The molecule has 3 aromatic carbocycles. The van der Waals surface area contributed by atoms with Gasteiger partial charge in [-0.25, -0.2) is 12.8 Å². The Balaban J connectivity index is 1.70. The van der Waals surface area contributed by atoms with Crippen LogP contribution >= 0.6 is 0 Å². The normalized spacial score (nSPS) is 10.9. The maximum atomic E-state index is 13.0. The number of carbonyl (C=O) groups is 2. The van der Waals surface area contributed by atoms with Gasteiger partial charge in [0.25, 0.3) is 15.9 Å². The fourth-order valence-electron chi connectivity index (χ4n) is 2.79. The summed E-state index contributed by atoms with van der Waals surface area (Å²) in [5, 5.41) is 5.42. The lowest BCUT2D eigenvalue weighted by atomic mass is 10.1. The van der Waals surface area contributed by atoms with Crippen LogP contribution < -0.4 is 15.4 Å². The quantitative estimate of drug-likeness (QED) is 0.535. The van der Waals surface area contributed by atoms with Crippen LogP contribution in [-0.2, 0) is 14.8 Å². The van der Waals surface area contributed by atoms with E-state index in [1.807, 2.05) is 0 Å². The van der Waals surface area contributed by atoms with Crippen LogP contribution in [0.25, 0.3) is 0 Å². The molecule has 7 nitrogen and oxygen atoms in total. The molecule has 0 fully saturated rings. The van der Waals surface area contributed by atoms with Crippen LogP contribution in [0.3, 0.4) is 0 Å². The first-order valence-electron chi connectivity index (χ1n) is 9.22. The Labute approximate surface area is 179 Å². The highest BCUT2D eigenvalue weighted by Gasteiger charge is 2.15. The van der Waals surface area contributed by atoms with Gasteiger partial charge in [0.2, 0.25) is 5.91 Å². The number of anilines is 3. The Morgan fingerprint density at radius 2 is 1.45 bits per heavy atom. The lowest BCUT2D eigenvalue weighted by molar-refractivity contribution is -0.114. The molecule has 2 amide bonds. The van der Waals surface area contributed by atoms with Gasteiger partial charge >= 0.3 is 0 Å². The minimum Gasteiger partial charge on any atom is -0.326 e. The Hall–Kier alpha value is -3.72. The number of nitrogens with one attached hydrogen (secondary N) is 3. The molecule has 0 saturated carbocycles. The van der Waals surface area contributed by atoms with Crippen LogP contribution in [0.15, 0.2) is 71.6 Å². The molecule has 0 aromatic heterocycles. The van der Waals surface area contributed by atoms with Gasteiger partial charge < -0.3 is 10.6 Å². The third kappa shape index (κ3) is 5.67. The van der Waals surface area contributed by atoms with E-state index in [1.54, 1.807) is 25.1 Å². The molecule has 0 atom stereocenters. The lowest BCUT2D eigenvalue weighted by Crippen LogP contribution is -2.15. The Morgan fingerprint density at radius 3 is 2.03 bits per heavy atom. The summed E-state index contributed by atoms with van der Waals surface area (Å²) >= 11 is 0. The predicted octanol–water partition coefficient (Wildman–Crippen LogP) is 4.15. The Bertz CT molecular complexity index is 1220. The number of benzene rings is 3. The SMILES string of the molecule is CC(=O)Nc1ccc(NC(=O)c2ccc(S(=O)(=O)Nc3ccc(F)cc3)cc2)cc1C. The van der Waals surface area contributed by atoms with Crippen molar-refractivity contribution < 1.29 is 22.4 Å². The standard InChI is InChI=1S/C22H20FN3O4S/c1-14-13-19(9-12-21(14)24-15(2)27)25-22(28)16-3-10-20(11-4-16)31(29,30)26-18-7-5-17(23)6-8-18/h3-13,26H,1-2H3,(H,24,27)(H,25,28). The molecule has 0 saturated heterocycles. The molecule has 0 spiro atoms. The molecule has 0 bridgehead atoms. The number of hydrogen-bond acceptors (Lipinski definition) is 4. The van der Waals surface area contributed by atoms with Crippen molar-refractivity contribution in [3.05, 3.63) is 83.7 Å². The topological polar surface area (TPSA) is 104 Å². The van der Waals surface area contributed by atoms with Crippen molar-refractivity contribution in [3.63, 3.8) is 0 Å². The van der Waals surface area contributed by atoms with Crippen molar-refractivity contribution >= 4 is 38.9 Å². The van der Waals surface area contributed by atoms with Crippen LogP contribution in [0.4, 0.5) is 21.5 Å². The summed E-state index contributed by atoms with van der Waals surface area (Å²) in [6.45, 7) is 3.21. The molecule has 0 aliphatic heterocycles. The maximum absolute atomic E-state index is 13.0. The third-order valence-corrected chi connectivity index (χ3v) is 5.72. The number of halogens is 1. The molecule has 3 rings (SSSR count). The van der Waals surface area contributed by atoms with Crippen molar-refractivity contribution in [2.24, 2.45) is 0 Å².